The van der Waals surface area contributed by atoms with E-state index < -0.39 is 11.2 Å². The molecule has 2 rings (SSSR count). The Hall–Kier alpha value is -2.05. The van der Waals surface area contributed by atoms with Gasteiger partial charge in [0.15, 0.2) is 5.69 Å². The lowest BCUT2D eigenvalue weighted by atomic mass is 10.2. The van der Waals surface area contributed by atoms with Gasteiger partial charge in [-0.25, -0.2) is 4.79 Å². The number of anilines is 2. The van der Waals surface area contributed by atoms with Crippen LogP contribution in [0.5, 0.6) is 0 Å². The number of carbonyl (C=O) groups excluding carboxylic acids is 1. The summed E-state index contributed by atoms with van der Waals surface area (Å²) in [6.45, 7) is 4.80. The van der Waals surface area contributed by atoms with Crippen LogP contribution >= 0.6 is 0 Å². The molecule has 7 heteroatoms. The van der Waals surface area contributed by atoms with Crippen molar-refractivity contribution in [1.82, 2.24) is 9.55 Å². The molecule has 0 saturated heterocycles. The predicted octanol–water partition coefficient (Wildman–Crippen LogP) is 1.07. The molecule has 0 aliphatic heterocycles. The number of amides is 1. The van der Waals surface area contributed by atoms with Crippen LogP contribution in [-0.4, -0.2) is 22.0 Å². The lowest BCUT2D eigenvalue weighted by molar-refractivity contribution is -0.119. The van der Waals surface area contributed by atoms with Gasteiger partial charge in [-0.3, -0.25) is 19.1 Å². The third-order valence-corrected chi connectivity index (χ3v) is 3.86. The minimum absolute atomic E-state index is 0.0118. The Morgan fingerprint density at radius 3 is 2.55 bits per heavy atom. The van der Waals surface area contributed by atoms with Gasteiger partial charge in [0, 0.05) is 19.0 Å². The molecule has 1 aromatic heterocycles. The Morgan fingerprint density at radius 1 is 1.32 bits per heavy atom. The number of nitrogens with two attached hydrogens (primary N) is 1. The second-order valence-electron chi connectivity index (χ2n) is 5.76. The number of nitrogens with one attached hydrogen (secondary N) is 1. The maximum atomic E-state index is 12.5. The number of rotatable bonds is 7. The minimum atomic E-state index is -0.583. The van der Waals surface area contributed by atoms with Crippen molar-refractivity contribution < 1.29 is 4.79 Å². The topological polar surface area (TPSA) is 101 Å². The smallest absolute Gasteiger partial charge is 0.330 e. The van der Waals surface area contributed by atoms with Crippen LogP contribution in [0.3, 0.4) is 0 Å². The van der Waals surface area contributed by atoms with E-state index in [1.807, 2.05) is 13.8 Å². The molecule has 7 nitrogen and oxygen atoms in total. The van der Waals surface area contributed by atoms with Crippen molar-refractivity contribution in [3.8, 4) is 0 Å². The van der Waals surface area contributed by atoms with Crippen LogP contribution in [0.25, 0.3) is 0 Å². The third kappa shape index (κ3) is 3.23. The van der Waals surface area contributed by atoms with Gasteiger partial charge in [0.25, 0.3) is 5.56 Å². The average Bonchev–Trinajstić information content (AvgIpc) is 3.30. The van der Waals surface area contributed by atoms with E-state index in [9.17, 15) is 14.4 Å². The fourth-order valence-electron chi connectivity index (χ4n) is 2.48. The molecule has 1 amide bonds. The van der Waals surface area contributed by atoms with Crippen LogP contribution in [0.2, 0.25) is 0 Å². The number of hydrogen-bond acceptors (Lipinski definition) is 4. The maximum absolute atomic E-state index is 12.5. The Kier molecular flexibility index (Phi) is 5.05. The lowest BCUT2D eigenvalue weighted by Gasteiger charge is -2.24. The van der Waals surface area contributed by atoms with Crippen molar-refractivity contribution >= 4 is 17.4 Å². The van der Waals surface area contributed by atoms with Crippen molar-refractivity contribution in [3.63, 3.8) is 0 Å². The Bertz CT molecular complexity index is 658. The number of aromatic nitrogens is 2. The van der Waals surface area contributed by atoms with Crippen LogP contribution in [0.1, 0.15) is 46.0 Å². The second kappa shape index (κ2) is 6.81. The molecule has 1 aliphatic carbocycles. The zero-order chi connectivity index (χ0) is 16.3. The first-order valence-corrected chi connectivity index (χ1v) is 7.95. The summed E-state index contributed by atoms with van der Waals surface area (Å²) in [5.74, 6) is 0.00950. The van der Waals surface area contributed by atoms with Crippen LogP contribution in [0, 0.1) is 5.92 Å². The number of unbranched alkanes of at least 4 members (excludes halogenated alkanes) is 1. The van der Waals surface area contributed by atoms with Crippen molar-refractivity contribution in [3.05, 3.63) is 20.8 Å². The summed E-state index contributed by atoms with van der Waals surface area (Å²) in [6, 6.07) is 0. The summed E-state index contributed by atoms with van der Waals surface area (Å²) >= 11 is 0. The number of carbonyl (C=O) groups is 1. The molecule has 1 fully saturated rings. The molecule has 1 saturated carbocycles. The molecule has 122 valence electrons. The van der Waals surface area contributed by atoms with Gasteiger partial charge in [-0.05, 0) is 25.7 Å². The normalized spacial score (nSPS) is 14.1. The molecule has 3 N–H and O–H groups in total. The largest absolute Gasteiger partial charge is 0.383 e. The van der Waals surface area contributed by atoms with Gasteiger partial charge in [-0.1, -0.05) is 20.3 Å². The molecule has 1 aliphatic rings. The third-order valence-electron chi connectivity index (χ3n) is 3.86. The van der Waals surface area contributed by atoms with Crippen molar-refractivity contribution in [2.24, 2.45) is 5.92 Å². The van der Waals surface area contributed by atoms with E-state index in [2.05, 4.69) is 4.98 Å². The van der Waals surface area contributed by atoms with E-state index in [1.54, 1.807) is 0 Å². The highest BCUT2D eigenvalue weighted by atomic mass is 16.2. The van der Waals surface area contributed by atoms with E-state index in [1.165, 1.54) is 9.47 Å². The molecule has 0 spiro atoms. The van der Waals surface area contributed by atoms with Gasteiger partial charge in [-0.15, -0.1) is 0 Å². The first kappa shape index (κ1) is 16.3. The zero-order valence-corrected chi connectivity index (χ0v) is 13.2. The van der Waals surface area contributed by atoms with Crippen LogP contribution in [0.4, 0.5) is 11.5 Å². The number of hydrogen-bond donors (Lipinski definition) is 2. The molecular weight excluding hydrogens is 284 g/mol. The maximum Gasteiger partial charge on any atom is 0.330 e. The number of nitrogens with zero attached hydrogens (tertiary/aromatic N) is 2. The number of H-pyrrole nitrogens is 1. The second-order valence-corrected chi connectivity index (χ2v) is 5.76. The molecule has 1 heterocycles. The van der Waals surface area contributed by atoms with Crippen LogP contribution in [-0.2, 0) is 11.3 Å². The average molecular weight is 308 g/mol. The molecule has 22 heavy (non-hydrogen) atoms. The van der Waals surface area contributed by atoms with Gasteiger partial charge in [0.1, 0.15) is 5.82 Å². The van der Waals surface area contributed by atoms with Crippen LogP contribution in [0.15, 0.2) is 9.59 Å². The van der Waals surface area contributed by atoms with E-state index in [0.29, 0.717) is 19.5 Å². The standard InChI is InChI=1S/C15H24N4O3/c1-3-5-9-18(14(21)10-6-7-10)11-12(16)19(8-4-2)15(22)17-13(11)20/h10H,3-9,16H2,1-2H3,(H,17,20,22). The Morgan fingerprint density at radius 2 is 2.00 bits per heavy atom. The number of nitrogen functional groups attached to an aromatic ring is 1. The van der Waals surface area contributed by atoms with E-state index >= 15 is 0 Å². The molecular formula is C15H24N4O3. The van der Waals surface area contributed by atoms with Crippen molar-refractivity contribution in [2.45, 2.75) is 52.5 Å². The quantitative estimate of drug-likeness (QED) is 0.786. The SMILES string of the molecule is CCCCN(C(=O)C1CC1)c1c(N)n(CCC)c(=O)[nH]c1=O. The molecule has 0 aromatic carbocycles. The first-order valence-electron chi connectivity index (χ1n) is 7.95. The van der Waals surface area contributed by atoms with Crippen LogP contribution < -0.4 is 21.9 Å². The summed E-state index contributed by atoms with van der Waals surface area (Å²) in [5, 5.41) is 0. The van der Waals surface area contributed by atoms with E-state index in [-0.39, 0.29) is 23.3 Å². The summed E-state index contributed by atoms with van der Waals surface area (Å²) in [6.07, 6.45) is 4.11. The Labute approximate surface area is 129 Å². The summed E-state index contributed by atoms with van der Waals surface area (Å²) in [5.41, 5.74) is 5.07. The first-order chi connectivity index (χ1) is 10.5. The summed E-state index contributed by atoms with van der Waals surface area (Å²) in [4.78, 5) is 40.4. The zero-order valence-electron chi connectivity index (χ0n) is 13.2. The van der Waals surface area contributed by atoms with Gasteiger partial charge < -0.3 is 10.6 Å². The molecule has 1 aromatic rings. The number of aromatic amines is 1. The van der Waals surface area contributed by atoms with Gasteiger partial charge >= 0.3 is 5.69 Å². The van der Waals surface area contributed by atoms with Gasteiger partial charge in [0.2, 0.25) is 5.91 Å². The van der Waals surface area contributed by atoms with E-state index in [0.717, 1.165) is 25.7 Å². The van der Waals surface area contributed by atoms with Crippen molar-refractivity contribution in [2.75, 3.05) is 17.2 Å². The van der Waals surface area contributed by atoms with Crippen molar-refractivity contribution in [1.29, 1.82) is 0 Å². The fourth-order valence-corrected chi connectivity index (χ4v) is 2.48. The molecule has 0 radical (unpaired) electrons. The summed E-state index contributed by atoms with van der Waals surface area (Å²) in [7, 11) is 0. The molecule has 0 bridgehead atoms. The minimum Gasteiger partial charge on any atom is -0.383 e. The predicted molar refractivity (Wildman–Crippen MR) is 86.0 cm³/mol. The van der Waals surface area contributed by atoms with Gasteiger partial charge in [0.05, 0.1) is 0 Å². The monoisotopic (exact) mass is 308 g/mol. The Balaban J connectivity index is 2.49. The van der Waals surface area contributed by atoms with Gasteiger partial charge in [-0.2, -0.15) is 0 Å². The lowest BCUT2D eigenvalue weighted by Crippen LogP contribution is -2.42. The summed E-state index contributed by atoms with van der Waals surface area (Å²) < 4.78 is 1.33. The fraction of sp³-hybridized carbons (Fsp3) is 0.667. The highest BCUT2D eigenvalue weighted by molar-refractivity contribution is 5.98. The highest BCUT2D eigenvalue weighted by Gasteiger charge is 2.35. The molecule has 0 atom stereocenters. The molecule has 0 unspecified atom stereocenters. The van der Waals surface area contributed by atoms with E-state index in [4.69, 9.17) is 5.73 Å². The highest BCUT2D eigenvalue weighted by Crippen LogP contribution is 2.33.